The lowest BCUT2D eigenvalue weighted by Gasteiger charge is -2.30. The van der Waals surface area contributed by atoms with Crippen LogP contribution in [0.15, 0.2) is 188 Å². The Kier molecular flexibility index (Phi) is 5.91. The third-order valence-electron chi connectivity index (χ3n) is 11.2. The van der Waals surface area contributed by atoms with Gasteiger partial charge in [0.05, 0.1) is 16.4 Å². The van der Waals surface area contributed by atoms with Crippen LogP contribution in [0.1, 0.15) is 22.3 Å². The highest BCUT2D eigenvalue weighted by Gasteiger charge is 2.51. The van der Waals surface area contributed by atoms with Crippen molar-refractivity contribution in [3.63, 3.8) is 0 Å². The molecular weight excluding hydrogens is 617 g/mol. The summed E-state index contributed by atoms with van der Waals surface area (Å²) in [6.45, 7) is 0. The molecule has 0 fully saturated rings. The quantitative estimate of drug-likeness (QED) is 0.201. The van der Waals surface area contributed by atoms with Crippen LogP contribution in [-0.2, 0) is 5.41 Å². The number of aromatic nitrogens is 1. The molecular formula is C49H32N2. The zero-order chi connectivity index (χ0) is 33.5. The first-order valence-corrected chi connectivity index (χ1v) is 17.7. The molecule has 0 aliphatic heterocycles. The maximum Gasteiger partial charge on any atom is 0.0726 e. The summed E-state index contributed by atoms with van der Waals surface area (Å²) in [4.78, 5) is 0. The fourth-order valence-electron chi connectivity index (χ4n) is 9.22. The maximum absolute atomic E-state index is 3.84. The molecule has 2 aliphatic carbocycles. The summed E-state index contributed by atoms with van der Waals surface area (Å²) in [6.07, 6.45) is 0. The van der Waals surface area contributed by atoms with Gasteiger partial charge in [-0.15, -0.1) is 0 Å². The number of benzene rings is 8. The number of nitrogens with one attached hydrogen (secondary N) is 1. The predicted molar refractivity (Wildman–Crippen MR) is 212 cm³/mol. The van der Waals surface area contributed by atoms with Crippen LogP contribution < -0.4 is 5.32 Å². The van der Waals surface area contributed by atoms with Crippen LogP contribution in [0.4, 0.5) is 11.4 Å². The highest BCUT2D eigenvalue weighted by Crippen LogP contribution is 2.63. The summed E-state index contributed by atoms with van der Waals surface area (Å²) in [5.41, 5.74) is 18.5. The van der Waals surface area contributed by atoms with Crippen molar-refractivity contribution >= 4 is 33.2 Å². The summed E-state index contributed by atoms with van der Waals surface area (Å²) in [6, 6.07) is 68.9. The molecule has 51 heavy (non-hydrogen) atoms. The van der Waals surface area contributed by atoms with Crippen molar-refractivity contribution in [2.45, 2.75) is 5.41 Å². The van der Waals surface area contributed by atoms with Gasteiger partial charge in [0.25, 0.3) is 0 Å². The smallest absolute Gasteiger partial charge is 0.0726 e. The van der Waals surface area contributed by atoms with Gasteiger partial charge in [-0.05, 0) is 104 Å². The first-order valence-electron chi connectivity index (χ1n) is 17.7. The second kappa shape index (κ2) is 10.7. The molecule has 0 bridgehead atoms. The number of para-hydroxylation sites is 2. The standard InChI is InChI=1S/C49H32N2/c1-2-16-35(17-3-1)51-46-26-11-7-21-41(46)48-36(22-13-27-47(48)51)32-14-12-15-33(30-32)50-34-28-29-40-39-20-6-10-25-44(39)49(45(40)31-34)42-23-8-4-18-37(42)38-19-5-9-24-43(38)49/h1-31,50H. The second-order valence-electron chi connectivity index (χ2n) is 13.7. The molecule has 11 rings (SSSR count). The minimum Gasteiger partial charge on any atom is -0.355 e. The number of hydrogen-bond acceptors (Lipinski definition) is 1. The molecule has 0 saturated carbocycles. The van der Waals surface area contributed by atoms with Gasteiger partial charge in [-0.3, -0.25) is 0 Å². The first-order chi connectivity index (χ1) is 25.3. The van der Waals surface area contributed by atoms with Crippen LogP contribution >= 0.6 is 0 Å². The second-order valence-corrected chi connectivity index (χ2v) is 13.7. The lowest BCUT2D eigenvalue weighted by Crippen LogP contribution is -2.25. The third-order valence-corrected chi connectivity index (χ3v) is 11.2. The van der Waals surface area contributed by atoms with Gasteiger partial charge in [0, 0.05) is 27.8 Å². The Morgan fingerprint density at radius 2 is 0.922 bits per heavy atom. The summed E-state index contributed by atoms with van der Waals surface area (Å²) in [5.74, 6) is 0. The van der Waals surface area contributed by atoms with Gasteiger partial charge in [-0.25, -0.2) is 0 Å². The van der Waals surface area contributed by atoms with E-state index >= 15 is 0 Å². The third kappa shape index (κ3) is 3.87. The average Bonchev–Trinajstić information content (AvgIpc) is 3.80. The van der Waals surface area contributed by atoms with Crippen molar-refractivity contribution in [3.8, 4) is 39.1 Å². The van der Waals surface area contributed by atoms with Crippen LogP contribution in [0.3, 0.4) is 0 Å². The van der Waals surface area contributed by atoms with Crippen molar-refractivity contribution in [2.75, 3.05) is 5.32 Å². The van der Waals surface area contributed by atoms with E-state index in [4.69, 9.17) is 0 Å². The van der Waals surface area contributed by atoms with E-state index in [9.17, 15) is 0 Å². The molecule has 2 nitrogen and oxygen atoms in total. The Bertz CT molecular complexity index is 2780. The molecule has 2 heteroatoms. The van der Waals surface area contributed by atoms with E-state index in [2.05, 4.69) is 198 Å². The number of anilines is 2. The largest absolute Gasteiger partial charge is 0.355 e. The Hall–Kier alpha value is -6.64. The molecule has 1 spiro atoms. The van der Waals surface area contributed by atoms with E-state index in [1.165, 1.54) is 83.1 Å². The van der Waals surface area contributed by atoms with Crippen molar-refractivity contribution < 1.29 is 0 Å². The monoisotopic (exact) mass is 648 g/mol. The molecule has 1 heterocycles. The van der Waals surface area contributed by atoms with Gasteiger partial charge >= 0.3 is 0 Å². The van der Waals surface area contributed by atoms with Gasteiger partial charge in [-0.1, -0.05) is 140 Å². The van der Waals surface area contributed by atoms with Crippen molar-refractivity contribution in [1.82, 2.24) is 4.57 Å². The van der Waals surface area contributed by atoms with Gasteiger partial charge in [-0.2, -0.15) is 0 Å². The summed E-state index contributed by atoms with van der Waals surface area (Å²) >= 11 is 0. The van der Waals surface area contributed by atoms with Crippen LogP contribution in [0.2, 0.25) is 0 Å². The highest BCUT2D eigenvalue weighted by atomic mass is 15.0. The van der Waals surface area contributed by atoms with E-state index < -0.39 is 0 Å². The molecule has 2 aliphatic rings. The lowest BCUT2D eigenvalue weighted by molar-refractivity contribution is 0.794. The van der Waals surface area contributed by atoms with Gasteiger partial charge in [0.2, 0.25) is 0 Å². The van der Waals surface area contributed by atoms with Gasteiger partial charge in [0.15, 0.2) is 0 Å². The van der Waals surface area contributed by atoms with Crippen molar-refractivity contribution in [2.24, 2.45) is 0 Å². The Labute approximate surface area is 296 Å². The van der Waals surface area contributed by atoms with E-state index in [1.807, 2.05) is 0 Å². The maximum atomic E-state index is 3.84. The molecule has 1 aromatic heterocycles. The molecule has 1 N–H and O–H groups in total. The first kappa shape index (κ1) is 28.2. The normalized spacial score (nSPS) is 13.3. The van der Waals surface area contributed by atoms with E-state index in [0.29, 0.717) is 0 Å². The van der Waals surface area contributed by atoms with E-state index in [1.54, 1.807) is 0 Å². The predicted octanol–water partition coefficient (Wildman–Crippen LogP) is 12.5. The minimum atomic E-state index is -0.360. The molecule has 8 aromatic carbocycles. The van der Waals surface area contributed by atoms with Gasteiger partial charge < -0.3 is 9.88 Å². The Balaban J connectivity index is 1.05. The SMILES string of the molecule is c1ccc(-n2c3ccccc3c3c(-c4cccc(Nc5ccc6c(c5)C5(c7ccccc7-c7ccccc75)c5ccccc5-6)c4)cccc32)cc1. The van der Waals surface area contributed by atoms with Gasteiger partial charge in [0.1, 0.15) is 0 Å². The molecule has 0 radical (unpaired) electrons. The minimum absolute atomic E-state index is 0.360. The van der Waals surface area contributed by atoms with Crippen LogP contribution in [0.5, 0.6) is 0 Å². The summed E-state index contributed by atoms with van der Waals surface area (Å²) in [7, 11) is 0. The van der Waals surface area contributed by atoms with Crippen molar-refractivity contribution in [1.29, 1.82) is 0 Å². The zero-order valence-corrected chi connectivity index (χ0v) is 27.8. The number of hydrogen-bond donors (Lipinski definition) is 1. The topological polar surface area (TPSA) is 17.0 Å². The molecule has 0 unspecified atom stereocenters. The molecule has 238 valence electrons. The zero-order valence-electron chi connectivity index (χ0n) is 27.8. The number of fused-ring (bicyclic) bond motifs is 13. The molecule has 0 saturated heterocycles. The molecule has 0 atom stereocenters. The van der Waals surface area contributed by atoms with E-state index in [-0.39, 0.29) is 5.41 Å². The summed E-state index contributed by atoms with van der Waals surface area (Å²) < 4.78 is 2.38. The van der Waals surface area contributed by atoms with Crippen LogP contribution in [0, 0.1) is 0 Å². The van der Waals surface area contributed by atoms with Crippen LogP contribution in [0.25, 0.3) is 60.9 Å². The lowest BCUT2D eigenvalue weighted by atomic mass is 9.70. The average molecular weight is 649 g/mol. The molecule has 9 aromatic rings. The number of nitrogens with zero attached hydrogens (tertiary/aromatic N) is 1. The van der Waals surface area contributed by atoms with E-state index in [0.717, 1.165) is 11.4 Å². The Morgan fingerprint density at radius 1 is 0.373 bits per heavy atom. The number of rotatable bonds is 4. The van der Waals surface area contributed by atoms with Crippen molar-refractivity contribution in [3.05, 3.63) is 210 Å². The fraction of sp³-hybridized carbons (Fsp3) is 0.0204. The Morgan fingerprint density at radius 3 is 1.65 bits per heavy atom. The summed E-state index contributed by atoms with van der Waals surface area (Å²) in [5, 5.41) is 6.36. The fourth-order valence-corrected chi connectivity index (χ4v) is 9.22. The molecule has 0 amide bonds. The highest BCUT2D eigenvalue weighted by molar-refractivity contribution is 6.15. The van der Waals surface area contributed by atoms with Crippen LogP contribution in [-0.4, -0.2) is 4.57 Å².